The van der Waals surface area contributed by atoms with E-state index in [1.807, 2.05) is 0 Å². The van der Waals surface area contributed by atoms with Crippen LogP contribution in [0.2, 0.25) is 0 Å². The van der Waals surface area contributed by atoms with Gasteiger partial charge in [0, 0.05) is 19.5 Å². The van der Waals surface area contributed by atoms with Crippen LogP contribution in [0.4, 0.5) is 0 Å². The highest BCUT2D eigenvalue weighted by molar-refractivity contribution is 5.77. The Kier molecular flexibility index (Phi) is 5.22. The number of ether oxygens (including phenoxy) is 1. The van der Waals surface area contributed by atoms with E-state index < -0.39 is 0 Å². The first-order valence-corrected chi connectivity index (χ1v) is 11.7. The number of nitrogens with zero attached hydrogens (tertiary/aromatic N) is 1. The van der Waals surface area contributed by atoms with Crippen LogP contribution in [0.5, 0.6) is 0 Å². The quantitative estimate of drug-likeness (QED) is 0.603. The van der Waals surface area contributed by atoms with Crippen molar-refractivity contribution in [1.29, 1.82) is 0 Å². The fourth-order valence-corrected chi connectivity index (χ4v) is 7.93. The minimum atomic E-state index is 0.308. The van der Waals surface area contributed by atoms with Crippen molar-refractivity contribution in [1.82, 2.24) is 4.90 Å². The summed E-state index contributed by atoms with van der Waals surface area (Å²) in [4.78, 5) is 14.5. The van der Waals surface area contributed by atoms with Gasteiger partial charge in [-0.25, -0.2) is 0 Å². The standard InChI is InChI=1S/C25H41NO2/c1-16(2)9-12-28-18-14-20-23-17(3)13-21-25(5,11-8-22(27)26(21)6)19(23)7-10-24(20,4)15-18/h9,17-21,23H,7-8,10-15H2,1-6H3/t17-,18-,19-,20-,21+,23+,24+,25+/m0/s1. The number of carbonyl (C=O) groups is 1. The van der Waals surface area contributed by atoms with E-state index in [1.165, 1.54) is 37.7 Å². The summed E-state index contributed by atoms with van der Waals surface area (Å²) in [5.74, 6) is 3.43. The van der Waals surface area contributed by atoms with Gasteiger partial charge in [0.1, 0.15) is 0 Å². The van der Waals surface area contributed by atoms with Gasteiger partial charge >= 0.3 is 0 Å². The van der Waals surface area contributed by atoms with Crippen molar-refractivity contribution in [2.24, 2.45) is 34.5 Å². The third-order valence-corrected chi connectivity index (χ3v) is 9.48. The second-order valence-corrected chi connectivity index (χ2v) is 11.4. The lowest BCUT2D eigenvalue weighted by atomic mass is 9.45. The van der Waals surface area contributed by atoms with E-state index in [1.54, 1.807) is 0 Å². The van der Waals surface area contributed by atoms with Crippen LogP contribution < -0.4 is 0 Å². The van der Waals surface area contributed by atoms with E-state index in [4.69, 9.17) is 4.74 Å². The minimum Gasteiger partial charge on any atom is -0.374 e. The maximum Gasteiger partial charge on any atom is 0.222 e. The molecule has 28 heavy (non-hydrogen) atoms. The van der Waals surface area contributed by atoms with Gasteiger partial charge in [-0.15, -0.1) is 0 Å². The highest BCUT2D eigenvalue weighted by atomic mass is 16.5. The Bertz CT molecular complexity index is 653. The Morgan fingerprint density at radius 3 is 2.68 bits per heavy atom. The molecule has 0 bridgehead atoms. The molecule has 4 rings (SSSR count). The van der Waals surface area contributed by atoms with Crippen LogP contribution in [0.1, 0.15) is 79.6 Å². The predicted molar refractivity (Wildman–Crippen MR) is 114 cm³/mol. The molecule has 8 atom stereocenters. The second kappa shape index (κ2) is 7.15. The number of amides is 1. The maximum atomic E-state index is 12.4. The van der Waals surface area contributed by atoms with Gasteiger partial charge < -0.3 is 9.64 Å². The molecule has 1 amide bonds. The van der Waals surface area contributed by atoms with Gasteiger partial charge in [0.15, 0.2) is 0 Å². The maximum absolute atomic E-state index is 12.4. The number of rotatable bonds is 3. The van der Waals surface area contributed by atoms with E-state index in [9.17, 15) is 4.79 Å². The smallest absolute Gasteiger partial charge is 0.222 e. The molecule has 0 aromatic carbocycles. The van der Waals surface area contributed by atoms with Gasteiger partial charge in [-0.3, -0.25) is 4.79 Å². The van der Waals surface area contributed by atoms with Gasteiger partial charge in [-0.2, -0.15) is 0 Å². The summed E-state index contributed by atoms with van der Waals surface area (Å²) in [6.07, 6.45) is 10.9. The van der Waals surface area contributed by atoms with Crippen LogP contribution >= 0.6 is 0 Å². The zero-order chi connectivity index (χ0) is 20.3. The Labute approximate surface area is 172 Å². The van der Waals surface area contributed by atoms with Crippen LogP contribution in [-0.2, 0) is 9.53 Å². The molecule has 0 aromatic rings. The molecule has 4 fully saturated rings. The average molecular weight is 388 g/mol. The van der Waals surface area contributed by atoms with Crippen molar-refractivity contribution < 1.29 is 9.53 Å². The first kappa shape index (κ1) is 20.4. The number of allylic oxidation sites excluding steroid dienone is 1. The zero-order valence-electron chi connectivity index (χ0n) is 19.0. The second-order valence-electron chi connectivity index (χ2n) is 11.4. The molecule has 3 saturated carbocycles. The van der Waals surface area contributed by atoms with E-state index in [0.29, 0.717) is 34.8 Å². The fraction of sp³-hybridized carbons (Fsp3) is 0.880. The van der Waals surface area contributed by atoms with Crippen LogP contribution in [-0.4, -0.2) is 36.6 Å². The summed E-state index contributed by atoms with van der Waals surface area (Å²) in [6, 6.07) is 0.445. The van der Waals surface area contributed by atoms with E-state index in [0.717, 1.165) is 37.2 Å². The lowest BCUT2D eigenvalue weighted by Crippen LogP contribution is -2.62. The number of piperidine rings is 1. The number of carbonyl (C=O) groups excluding carboxylic acids is 1. The van der Waals surface area contributed by atoms with E-state index in [-0.39, 0.29) is 0 Å². The Balaban J connectivity index is 1.55. The fourth-order valence-electron chi connectivity index (χ4n) is 7.93. The minimum absolute atomic E-state index is 0.308. The topological polar surface area (TPSA) is 29.5 Å². The Hall–Kier alpha value is -0.830. The molecule has 1 heterocycles. The summed E-state index contributed by atoms with van der Waals surface area (Å²) < 4.78 is 6.32. The summed E-state index contributed by atoms with van der Waals surface area (Å²) in [5, 5.41) is 0. The monoisotopic (exact) mass is 387 g/mol. The number of hydrogen-bond donors (Lipinski definition) is 0. The summed E-state index contributed by atoms with van der Waals surface area (Å²) in [5.41, 5.74) is 2.10. The molecule has 3 aliphatic carbocycles. The zero-order valence-corrected chi connectivity index (χ0v) is 19.0. The van der Waals surface area contributed by atoms with Gasteiger partial charge in [-0.1, -0.05) is 32.4 Å². The average Bonchev–Trinajstić information content (AvgIpc) is 2.96. The molecule has 4 aliphatic rings. The molecule has 1 aliphatic heterocycles. The van der Waals surface area contributed by atoms with Gasteiger partial charge in [0.25, 0.3) is 0 Å². The molecule has 0 radical (unpaired) electrons. The van der Waals surface area contributed by atoms with Crippen molar-refractivity contribution >= 4 is 5.91 Å². The first-order chi connectivity index (χ1) is 13.2. The molecule has 3 heteroatoms. The summed E-state index contributed by atoms with van der Waals surface area (Å²) in [7, 11) is 2.06. The lowest BCUT2D eigenvalue weighted by molar-refractivity contribution is -0.164. The normalized spacial score (nSPS) is 47.9. The summed E-state index contributed by atoms with van der Waals surface area (Å²) >= 11 is 0. The van der Waals surface area contributed by atoms with Crippen LogP contribution in [0.3, 0.4) is 0 Å². The molecule has 158 valence electrons. The summed E-state index contributed by atoms with van der Waals surface area (Å²) in [6.45, 7) is 12.6. The highest BCUT2D eigenvalue weighted by Gasteiger charge is 2.62. The first-order valence-electron chi connectivity index (χ1n) is 11.7. The van der Waals surface area contributed by atoms with E-state index in [2.05, 4.69) is 52.6 Å². The van der Waals surface area contributed by atoms with E-state index >= 15 is 0 Å². The van der Waals surface area contributed by atoms with Crippen LogP contribution in [0.25, 0.3) is 0 Å². The highest BCUT2D eigenvalue weighted by Crippen LogP contribution is 2.66. The van der Waals surface area contributed by atoms with Gasteiger partial charge in [-0.05, 0) is 86.9 Å². The third kappa shape index (κ3) is 3.16. The van der Waals surface area contributed by atoms with Crippen molar-refractivity contribution in [3.8, 4) is 0 Å². The Morgan fingerprint density at radius 2 is 1.96 bits per heavy atom. The molecule has 0 aromatic heterocycles. The molecular weight excluding hydrogens is 346 g/mol. The molecule has 0 N–H and O–H groups in total. The molecule has 3 nitrogen and oxygen atoms in total. The third-order valence-electron chi connectivity index (χ3n) is 9.48. The lowest BCUT2D eigenvalue weighted by Gasteiger charge is -2.63. The molecule has 0 unspecified atom stereocenters. The number of likely N-dealkylation sites (tertiary alicyclic amines) is 1. The number of fused-ring (bicyclic) bond motifs is 5. The van der Waals surface area contributed by atoms with Crippen molar-refractivity contribution in [3.63, 3.8) is 0 Å². The van der Waals surface area contributed by atoms with Crippen molar-refractivity contribution in [3.05, 3.63) is 11.6 Å². The number of hydrogen-bond acceptors (Lipinski definition) is 2. The largest absolute Gasteiger partial charge is 0.374 e. The predicted octanol–water partition coefficient (Wildman–Crippen LogP) is 5.45. The van der Waals surface area contributed by atoms with Crippen LogP contribution in [0, 0.1) is 34.5 Å². The van der Waals surface area contributed by atoms with Gasteiger partial charge in [0.2, 0.25) is 5.91 Å². The molecule has 1 saturated heterocycles. The van der Waals surface area contributed by atoms with Crippen molar-refractivity contribution in [2.45, 2.75) is 91.7 Å². The Morgan fingerprint density at radius 1 is 1.21 bits per heavy atom. The molecular formula is C25H41NO2. The molecule has 0 spiro atoms. The van der Waals surface area contributed by atoms with Crippen molar-refractivity contribution in [2.75, 3.05) is 13.7 Å². The van der Waals surface area contributed by atoms with Crippen LogP contribution in [0.15, 0.2) is 11.6 Å². The van der Waals surface area contributed by atoms with Gasteiger partial charge in [0.05, 0.1) is 12.7 Å². The SMILES string of the molecule is CC(C)=CCO[C@H]1C[C@H]2[C@@H]3[C@@H](C)C[C@H]4N(C)C(=O)CC[C@]4(C)[C@H]3CC[C@]2(C)C1.